The molecule has 0 unspecified atom stereocenters. The Kier molecular flexibility index (Phi) is 7.86. The van der Waals surface area contributed by atoms with Crippen molar-refractivity contribution in [3.8, 4) is 0 Å². The zero-order valence-electron chi connectivity index (χ0n) is 16.1. The van der Waals surface area contributed by atoms with Crippen LogP contribution in [0.3, 0.4) is 0 Å². The third-order valence-electron chi connectivity index (χ3n) is 4.46. The number of benzene rings is 4. The van der Waals surface area contributed by atoms with E-state index in [4.69, 9.17) is 0 Å². The summed E-state index contributed by atoms with van der Waals surface area (Å²) in [4.78, 5) is 0. The quantitative estimate of drug-likeness (QED) is 0.326. The molecule has 4 aromatic carbocycles. The highest BCUT2D eigenvalue weighted by Gasteiger charge is 1.93. The summed E-state index contributed by atoms with van der Waals surface area (Å²) in [6, 6.07) is 41.9. The first-order chi connectivity index (χ1) is 13.9. The van der Waals surface area contributed by atoms with Crippen molar-refractivity contribution < 1.29 is 0 Å². The fourth-order valence-electron chi connectivity index (χ4n) is 2.90. The van der Waals surface area contributed by atoms with Gasteiger partial charge in [-0.05, 0) is 35.1 Å². The molecule has 0 aliphatic carbocycles. The van der Waals surface area contributed by atoms with Crippen molar-refractivity contribution in [1.82, 2.24) is 0 Å². The van der Waals surface area contributed by atoms with E-state index in [0.29, 0.717) is 0 Å². The molecule has 0 radical (unpaired) electrons. The Morgan fingerprint density at radius 3 is 0.964 bits per heavy atom. The number of hydrogen-bond acceptors (Lipinski definition) is 0. The highest BCUT2D eigenvalue weighted by molar-refractivity contribution is 5.69. The van der Waals surface area contributed by atoms with Crippen molar-refractivity contribution >= 4 is 12.2 Å². The van der Waals surface area contributed by atoms with Crippen LogP contribution in [0.1, 0.15) is 22.3 Å². The second-order valence-electron chi connectivity index (χ2n) is 6.63. The van der Waals surface area contributed by atoms with E-state index in [0.717, 1.165) is 12.8 Å². The van der Waals surface area contributed by atoms with Gasteiger partial charge >= 0.3 is 0 Å². The van der Waals surface area contributed by atoms with Gasteiger partial charge in [-0.1, -0.05) is 133 Å². The minimum absolute atomic E-state index is 1.13. The first-order valence-electron chi connectivity index (χ1n) is 9.76. The molecule has 0 heterocycles. The molecule has 0 saturated carbocycles. The van der Waals surface area contributed by atoms with Crippen LogP contribution < -0.4 is 0 Å². The Hall–Kier alpha value is -3.38. The van der Waals surface area contributed by atoms with Crippen molar-refractivity contribution in [3.05, 3.63) is 144 Å². The molecule has 4 rings (SSSR count). The van der Waals surface area contributed by atoms with Gasteiger partial charge in [0.2, 0.25) is 0 Å². The number of rotatable bonds is 5. The topological polar surface area (TPSA) is 0 Å². The van der Waals surface area contributed by atoms with Crippen molar-refractivity contribution in [3.63, 3.8) is 0 Å². The Morgan fingerprint density at radius 1 is 0.357 bits per heavy atom. The van der Waals surface area contributed by atoms with E-state index in [1.165, 1.54) is 22.3 Å². The first kappa shape index (κ1) is 19.4. The van der Waals surface area contributed by atoms with Crippen molar-refractivity contribution in [2.45, 2.75) is 12.8 Å². The first-order valence-corrected chi connectivity index (χ1v) is 9.76. The van der Waals surface area contributed by atoms with Gasteiger partial charge in [-0.3, -0.25) is 0 Å². The molecule has 0 aliphatic heterocycles. The summed E-state index contributed by atoms with van der Waals surface area (Å²) < 4.78 is 0. The van der Waals surface area contributed by atoms with Gasteiger partial charge in [0.25, 0.3) is 0 Å². The lowest BCUT2D eigenvalue weighted by Crippen LogP contribution is -1.89. The minimum atomic E-state index is 1.13. The molecule has 0 aromatic heterocycles. The molecule has 4 aromatic rings. The molecule has 0 spiro atoms. The molecule has 28 heavy (non-hydrogen) atoms. The summed E-state index contributed by atoms with van der Waals surface area (Å²) in [5.74, 6) is 0. The third kappa shape index (κ3) is 7.09. The normalized spacial score (nSPS) is 10.3. The predicted molar refractivity (Wildman–Crippen MR) is 122 cm³/mol. The van der Waals surface area contributed by atoms with Crippen LogP contribution in [-0.4, -0.2) is 0 Å². The van der Waals surface area contributed by atoms with E-state index < -0.39 is 0 Å². The van der Waals surface area contributed by atoms with E-state index in [1.54, 1.807) is 0 Å². The van der Waals surface area contributed by atoms with Crippen molar-refractivity contribution in [1.29, 1.82) is 0 Å². The van der Waals surface area contributed by atoms with E-state index in [1.807, 2.05) is 36.4 Å². The summed E-state index contributed by atoms with van der Waals surface area (Å²) in [5.41, 5.74) is 5.29. The standard InChI is InChI=1S/C14H14.C14H12/c2*1-3-7-13(8-4-1)11-12-14-9-5-2-6-10-14/h1-10H,11-12H2;1-12H. The lowest BCUT2D eigenvalue weighted by molar-refractivity contribution is 0.960. The monoisotopic (exact) mass is 362 g/mol. The molecule has 0 saturated heterocycles. The van der Waals surface area contributed by atoms with Crippen LogP contribution in [0.5, 0.6) is 0 Å². The van der Waals surface area contributed by atoms with Gasteiger partial charge in [-0.2, -0.15) is 0 Å². The van der Waals surface area contributed by atoms with Crippen LogP contribution in [-0.2, 0) is 12.8 Å². The highest BCUT2D eigenvalue weighted by Crippen LogP contribution is 2.07. The molecule has 138 valence electrons. The zero-order valence-corrected chi connectivity index (χ0v) is 16.1. The van der Waals surface area contributed by atoms with Gasteiger partial charge in [0, 0.05) is 0 Å². The predicted octanol–water partition coefficient (Wildman–Crippen LogP) is 7.33. The van der Waals surface area contributed by atoms with E-state index in [2.05, 4.69) is 97.1 Å². The molecular formula is C28H26. The maximum atomic E-state index is 2.18. The van der Waals surface area contributed by atoms with Gasteiger partial charge in [0.15, 0.2) is 0 Å². The lowest BCUT2D eigenvalue weighted by atomic mass is 10.0. The van der Waals surface area contributed by atoms with Crippen LogP contribution in [0.25, 0.3) is 12.2 Å². The maximum Gasteiger partial charge on any atom is -0.0238 e. The Balaban J connectivity index is 0.000000161. The second kappa shape index (κ2) is 11.4. The molecule has 0 N–H and O–H groups in total. The van der Waals surface area contributed by atoms with Crippen LogP contribution >= 0.6 is 0 Å². The second-order valence-corrected chi connectivity index (χ2v) is 6.63. The average molecular weight is 363 g/mol. The smallest absolute Gasteiger partial charge is 0.0238 e. The van der Waals surface area contributed by atoms with Gasteiger partial charge in [0.05, 0.1) is 0 Å². The van der Waals surface area contributed by atoms with E-state index >= 15 is 0 Å². The number of aryl methyl sites for hydroxylation is 2. The summed E-state index contributed by atoms with van der Waals surface area (Å²) in [7, 11) is 0. The fourth-order valence-corrected chi connectivity index (χ4v) is 2.90. The molecule has 0 bridgehead atoms. The molecule has 0 fully saturated rings. The Bertz CT molecular complexity index is 843. The summed E-state index contributed by atoms with van der Waals surface area (Å²) in [6.07, 6.45) is 6.50. The SMILES string of the molecule is C(=Cc1ccccc1)c1ccccc1.c1ccc(CCc2ccccc2)cc1. The maximum absolute atomic E-state index is 2.18. The molecule has 0 nitrogen and oxygen atoms in total. The molecular weight excluding hydrogens is 336 g/mol. The largest absolute Gasteiger partial charge is 0.0622 e. The molecule has 0 heteroatoms. The zero-order chi connectivity index (χ0) is 19.3. The third-order valence-corrected chi connectivity index (χ3v) is 4.46. The Labute approximate surface area is 168 Å². The number of hydrogen-bond donors (Lipinski definition) is 0. The Morgan fingerprint density at radius 2 is 0.643 bits per heavy atom. The molecule has 0 aliphatic rings. The van der Waals surface area contributed by atoms with Gasteiger partial charge in [0.1, 0.15) is 0 Å². The van der Waals surface area contributed by atoms with Crippen molar-refractivity contribution in [2.75, 3.05) is 0 Å². The van der Waals surface area contributed by atoms with Crippen LogP contribution in [0, 0.1) is 0 Å². The minimum Gasteiger partial charge on any atom is -0.0622 e. The average Bonchev–Trinajstić information content (AvgIpc) is 2.80. The highest BCUT2D eigenvalue weighted by atomic mass is 14.0. The summed E-state index contributed by atoms with van der Waals surface area (Å²) in [5, 5.41) is 0. The lowest BCUT2D eigenvalue weighted by Gasteiger charge is -2.01. The van der Waals surface area contributed by atoms with Gasteiger partial charge in [-0.25, -0.2) is 0 Å². The van der Waals surface area contributed by atoms with Crippen LogP contribution in [0.15, 0.2) is 121 Å². The van der Waals surface area contributed by atoms with Crippen LogP contribution in [0.2, 0.25) is 0 Å². The van der Waals surface area contributed by atoms with E-state index in [-0.39, 0.29) is 0 Å². The fraction of sp³-hybridized carbons (Fsp3) is 0.0714. The van der Waals surface area contributed by atoms with Crippen LogP contribution in [0.4, 0.5) is 0 Å². The summed E-state index contributed by atoms with van der Waals surface area (Å²) >= 11 is 0. The van der Waals surface area contributed by atoms with Crippen molar-refractivity contribution in [2.24, 2.45) is 0 Å². The van der Waals surface area contributed by atoms with Gasteiger partial charge in [-0.15, -0.1) is 0 Å². The summed E-state index contributed by atoms with van der Waals surface area (Å²) in [6.45, 7) is 0. The van der Waals surface area contributed by atoms with Gasteiger partial charge < -0.3 is 0 Å². The molecule has 0 amide bonds. The van der Waals surface area contributed by atoms with E-state index in [9.17, 15) is 0 Å². The molecule has 0 atom stereocenters.